The van der Waals surface area contributed by atoms with Gasteiger partial charge in [0, 0.05) is 18.7 Å². The highest BCUT2D eigenvalue weighted by molar-refractivity contribution is 7.99. The Morgan fingerprint density at radius 2 is 2.04 bits per heavy atom. The Morgan fingerprint density at radius 1 is 1.31 bits per heavy atom. The zero-order chi connectivity index (χ0) is 19.3. The van der Waals surface area contributed by atoms with Crippen LogP contribution in [0.15, 0.2) is 39.6 Å². The second-order valence-corrected chi connectivity index (χ2v) is 7.78. The normalized spacial score (nSPS) is 11.0. The first-order valence-electron chi connectivity index (χ1n) is 8.50. The van der Waals surface area contributed by atoms with E-state index in [4.69, 9.17) is 4.42 Å². The Bertz CT molecular complexity index is 786. The summed E-state index contributed by atoms with van der Waals surface area (Å²) in [7, 11) is 1.65. The molecule has 0 saturated heterocycles. The summed E-state index contributed by atoms with van der Waals surface area (Å²) in [5.41, 5.74) is 0.280. The molecule has 0 atom stereocenters. The molecule has 7 heteroatoms. The SMILES string of the molecule is Cc1ccc(CN(C)C(=O)c2ccc(SCCC(C)C)c([N+](=O)[O-])c2)o1. The molecule has 1 aromatic carbocycles. The quantitative estimate of drug-likeness (QED) is 0.372. The molecule has 26 heavy (non-hydrogen) atoms. The van der Waals surface area contributed by atoms with E-state index < -0.39 is 4.92 Å². The van der Waals surface area contributed by atoms with Gasteiger partial charge in [-0.1, -0.05) is 13.8 Å². The van der Waals surface area contributed by atoms with Gasteiger partial charge in [-0.3, -0.25) is 14.9 Å². The van der Waals surface area contributed by atoms with Crippen LogP contribution in [0.4, 0.5) is 5.69 Å². The minimum Gasteiger partial charge on any atom is -0.464 e. The van der Waals surface area contributed by atoms with E-state index in [1.807, 2.05) is 19.1 Å². The van der Waals surface area contributed by atoms with Crippen molar-refractivity contribution in [3.8, 4) is 0 Å². The first kappa shape index (κ1) is 20.0. The van der Waals surface area contributed by atoms with Crippen molar-refractivity contribution < 1.29 is 14.1 Å². The average Bonchev–Trinajstić information content (AvgIpc) is 2.98. The molecule has 0 fully saturated rings. The van der Waals surface area contributed by atoms with E-state index in [0.29, 0.717) is 28.7 Å². The summed E-state index contributed by atoms with van der Waals surface area (Å²) < 4.78 is 5.48. The first-order chi connectivity index (χ1) is 12.3. The number of hydrogen-bond donors (Lipinski definition) is 0. The number of carbonyl (C=O) groups excluding carboxylic acids is 1. The van der Waals surface area contributed by atoms with Gasteiger partial charge in [0.1, 0.15) is 11.5 Å². The molecule has 0 radical (unpaired) electrons. The van der Waals surface area contributed by atoms with E-state index in [1.165, 1.54) is 22.7 Å². The molecule has 2 rings (SSSR count). The summed E-state index contributed by atoms with van der Waals surface area (Å²) in [6.07, 6.45) is 0.980. The van der Waals surface area contributed by atoms with Gasteiger partial charge in [0.25, 0.3) is 11.6 Å². The van der Waals surface area contributed by atoms with Gasteiger partial charge in [0.2, 0.25) is 0 Å². The van der Waals surface area contributed by atoms with Crippen LogP contribution in [0.1, 0.15) is 42.1 Å². The number of nitrogens with zero attached hydrogens (tertiary/aromatic N) is 2. The van der Waals surface area contributed by atoms with Gasteiger partial charge < -0.3 is 9.32 Å². The number of aryl methyl sites for hydroxylation is 1. The van der Waals surface area contributed by atoms with Crippen LogP contribution in [0, 0.1) is 23.0 Å². The number of thioether (sulfide) groups is 1. The standard InChI is InChI=1S/C19H24N2O4S/c1-13(2)9-10-26-18-8-6-15(11-17(18)21(23)24)19(22)20(4)12-16-7-5-14(3)25-16/h5-8,11,13H,9-10,12H2,1-4H3. The lowest BCUT2D eigenvalue weighted by molar-refractivity contribution is -0.387. The highest BCUT2D eigenvalue weighted by atomic mass is 32.2. The third-order valence-corrected chi connectivity index (χ3v) is 4.99. The topological polar surface area (TPSA) is 76.6 Å². The molecular weight excluding hydrogens is 352 g/mol. The minimum atomic E-state index is -0.426. The van der Waals surface area contributed by atoms with E-state index in [2.05, 4.69) is 13.8 Å². The Hall–Kier alpha value is -2.28. The molecule has 0 aliphatic rings. The smallest absolute Gasteiger partial charge is 0.283 e. The van der Waals surface area contributed by atoms with Gasteiger partial charge in [-0.15, -0.1) is 11.8 Å². The van der Waals surface area contributed by atoms with Crippen LogP contribution < -0.4 is 0 Å². The molecule has 0 bridgehead atoms. The summed E-state index contributed by atoms with van der Waals surface area (Å²) in [6.45, 7) is 6.38. The fraction of sp³-hybridized carbons (Fsp3) is 0.421. The number of benzene rings is 1. The van der Waals surface area contributed by atoms with Gasteiger partial charge in [0.05, 0.1) is 16.4 Å². The van der Waals surface area contributed by atoms with Crippen molar-refractivity contribution >= 4 is 23.4 Å². The molecule has 6 nitrogen and oxygen atoms in total. The fourth-order valence-electron chi connectivity index (χ4n) is 2.42. The molecule has 0 spiro atoms. The molecule has 0 saturated carbocycles. The third-order valence-electron chi connectivity index (χ3n) is 3.89. The number of nitro benzene ring substituents is 1. The monoisotopic (exact) mass is 376 g/mol. The van der Waals surface area contributed by atoms with Crippen LogP contribution in [0.5, 0.6) is 0 Å². The highest BCUT2D eigenvalue weighted by Gasteiger charge is 2.20. The van der Waals surface area contributed by atoms with Crippen LogP contribution in [0.25, 0.3) is 0 Å². The zero-order valence-electron chi connectivity index (χ0n) is 15.5. The number of amides is 1. The summed E-state index contributed by atoms with van der Waals surface area (Å²) >= 11 is 1.46. The Labute approximate surface area is 157 Å². The van der Waals surface area contributed by atoms with Crippen molar-refractivity contribution in [1.29, 1.82) is 0 Å². The Kier molecular flexibility index (Phi) is 6.85. The lowest BCUT2D eigenvalue weighted by Crippen LogP contribution is -2.26. The van der Waals surface area contributed by atoms with Crippen molar-refractivity contribution in [3.63, 3.8) is 0 Å². The number of nitro groups is 1. The van der Waals surface area contributed by atoms with E-state index in [9.17, 15) is 14.9 Å². The molecule has 0 unspecified atom stereocenters. The van der Waals surface area contributed by atoms with Crippen molar-refractivity contribution in [2.75, 3.05) is 12.8 Å². The minimum absolute atomic E-state index is 0.0214. The molecular formula is C19H24N2O4S. The van der Waals surface area contributed by atoms with Crippen molar-refractivity contribution in [2.45, 2.75) is 38.6 Å². The molecule has 0 N–H and O–H groups in total. The summed E-state index contributed by atoms with van der Waals surface area (Å²) in [5, 5.41) is 11.4. The van der Waals surface area contributed by atoms with Gasteiger partial charge in [0.15, 0.2) is 0 Å². The maximum Gasteiger partial charge on any atom is 0.283 e. The summed E-state index contributed by atoms with van der Waals surface area (Å²) in [6, 6.07) is 8.33. The summed E-state index contributed by atoms with van der Waals surface area (Å²) in [5.74, 6) is 2.53. The largest absolute Gasteiger partial charge is 0.464 e. The molecule has 1 amide bonds. The highest BCUT2D eigenvalue weighted by Crippen LogP contribution is 2.31. The van der Waals surface area contributed by atoms with E-state index >= 15 is 0 Å². The molecule has 140 valence electrons. The molecule has 1 aromatic heterocycles. The van der Waals surface area contributed by atoms with E-state index in [1.54, 1.807) is 19.2 Å². The first-order valence-corrected chi connectivity index (χ1v) is 9.48. The molecule has 2 aromatic rings. The van der Waals surface area contributed by atoms with Gasteiger partial charge in [-0.05, 0) is 49.3 Å². The Balaban J connectivity index is 2.14. The van der Waals surface area contributed by atoms with Gasteiger partial charge in [-0.25, -0.2) is 0 Å². The van der Waals surface area contributed by atoms with E-state index in [0.717, 1.165) is 17.9 Å². The predicted molar refractivity (Wildman–Crippen MR) is 103 cm³/mol. The van der Waals surface area contributed by atoms with Crippen LogP contribution in [0.2, 0.25) is 0 Å². The van der Waals surface area contributed by atoms with Crippen LogP contribution in [-0.4, -0.2) is 28.5 Å². The fourth-order valence-corrected chi connectivity index (χ4v) is 3.67. The maximum absolute atomic E-state index is 12.6. The van der Waals surface area contributed by atoms with Gasteiger partial charge >= 0.3 is 0 Å². The van der Waals surface area contributed by atoms with E-state index in [-0.39, 0.29) is 11.6 Å². The third kappa shape index (κ3) is 5.36. The molecule has 0 aliphatic carbocycles. The predicted octanol–water partition coefficient (Wildman–Crippen LogP) is 4.91. The average molecular weight is 376 g/mol. The zero-order valence-corrected chi connectivity index (χ0v) is 16.3. The van der Waals surface area contributed by atoms with Crippen LogP contribution in [-0.2, 0) is 6.54 Å². The number of hydrogen-bond acceptors (Lipinski definition) is 5. The van der Waals surface area contributed by atoms with Gasteiger partial charge in [-0.2, -0.15) is 0 Å². The molecule has 0 aliphatic heterocycles. The second kappa shape index (κ2) is 8.89. The van der Waals surface area contributed by atoms with Crippen molar-refractivity contribution in [2.24, 2.45) is 5.92 Å². The molecule has 1 heterocycles. The van der Waals surface area contributed by atoms with Crippen LogP contribution >= 0.6 is 11.8 Å². The van der Waals surface area contributed by atoms with Crippen molar-refractivity contribution in [1.82, 2.24) is 4.90 Å². The maximum atomic E-state index is 12.6. The lowest BCUT2D eigenvalue weighted by atomic mass is 10.1. The summed E-state index contributed by atoms with van der Waals surface area (Å²) in [4.78, 5) is 25.7. The number of rotatable bonds is 8. The number of carbonyl (C=O) groups is 1. The van der Waals surface area contributed by atoms with Crippen LogP contribution in [0.3, 0.4) is 0 Å². The lowest BCUT2D eigenvalue weighted by Gasteiger charge is -2.16. The number of furan rings is 1. The van der Waals surface area contributed by atoms with Crippen molar-refractivity contribution in [3.05, 3.63) is 57.5 Å². The second-order valence-electron chi connectivity index (χ2n) is 6.64. The Morgan fingerprint density at radius 3 is 2.62 bits per heavy atom.